The molecule has 0 spiro atoms. The zero-order chi connectivity index (χ0) is 19.2. The number of aromatic nitrogens is 3. The highest BCUT2D eigenvalue weighted by molar-refractivity contribution is 7.99. The molecule has 0 saturated heterocycles. The van der Waals surface area contributed by atoms with Crippen LogP contribution in [0, 0.1) is 0 Å². The van der Waals surface area contributed by atoms with Gasteiger partial charge in [0.1, 0.15) is 0 Å². The fraction of sp³-hybridized carbons (Fsp3) is 0.438. The number of hydrogen-bond donors (Lipinski definition) is 3. The van der Waals surface area contributed by atoms with Gasteiger partial charge in [-0.25, -0.2) is 8.42 Å². The fourth-order valence-corrected chi connectivity index (χ4v) is 3.41. The van der Waals surface area contributed by atoms with E-state index in [0.29, 0.717) is 11.6 Å². The molecule has 2 aromatic rings. The number of benzene rings is 1. The van der Waals surface area contributed by atoms with Gasteiger partial charge in [-0.2, -0.15) is 15.0 Å². The van der Waals surface area contributed by atoms with Crippen molar-refractivity contribution in [1.82, 2.24) is 15.0 Å². The molecule has 10 heteroatoms. The molecule has 0 fully saturated rings. The molecule has 1 unspecified atom stereocenters. The van der Waals surface area contributed by atoms with E-state index in [-0.39, 0.29) is 29.8 Å². The van der Waals surface area contributed by atoms with Crippen molar-refractivity contribution in [3.05, 3.63) is 35.9 Å². The zero-order valence-electron chi connectivity index (χ0n) is 14.9. The average Bonchev–Trinajstić information content (AvgIpc) is 2.58. The summed E-state index contributed by atoms with van der Waals surface area (Å²) in [6.45, 7) is 3.85. The number of nitrogens with one attached hydrogen (secondary N) is 2. The molecule has 0 saturated carbocycles. The van der Waals surface area contributed by atoms with Gasteiger partial charge in [-0.05, 0) is 18.9 Å². The van der Waals surface area contributed by atoms with Gasteiger partial charge in [0.2, 0.25) is 21.9 Å². The first-order chi connectivity index (χ1) is 12.3. The molecule has 0 bridgehead atoms. The zero-order valence-corrected chi connectivity index (χ0v) is 16.5. The van der Waals surface area contributed by atoms with Gasteiger partial charge in [0.25, 0.3) is 0 Å². The minimum atomic E-state index is -3.52. The van der Waals surface area contributed by atoms with Crippen LogP contribution < -0.4 is 10.0 Å². The lowest BCUT2D eigenvalue weighted by Gasteiger charge is -2.16. The molecule has 0 amide bonds. The van der Waals surface area contributed by atoms with Gasteiger partial charge in [0.15, 0.2) is 5.16 Å². The monoisotopic (exact) mass is 397 g/mol. The van der Waals surface area contributed by atoms with Crippen LogP contribution in [-0.4, -0.2) is 47.4 Å². The Morgan fingerprint density at radius 2 is 1.81 bits per heavy atom. The van der Waals surface area contributed by atoms with Crippen LogP contribution >= 0.6 is 11.8 Å². The number of sulfonamides is 1. The number of anilines is 2. The Kier molecular flexibility index (Phi) is 7.18. The van der Waals surface area contributed by atoms with Gasteiger partial charge in [-0.1, -0.05) is 49.0 Å². The van der Waals surface area contributed by atoms with E-state index in [9.17, 15) is 13.5 Å². The Balaban J connectivity index is 2.29. The second kappa shape index (κ2) is 9.15. The van der Waals surface area contributed by atoms with Crippen LogP contribution in [0.3, 0.4) is 0 Å². The summed E-state index contributed by atoms with van der Waals surface area (Å²) in [6.07, 6.45) is 1.70. The summed E-state index contributed by atoms with van der Waals surface area (Å²) in [5.74, 6) is 0.162. The van der Waals surface area contributed by atoms with Crippen molar-refractivity contribution < 1.29 is 13.5 Å². The van der Waals surface area contributed by atoms with Crippen LogP contribution in [0.5, 0.6) is 0 Å². The van der Waals surface area contributed by atoms with Crippen LogP contribution in [-0.2, 0) is 10.0 Å². The number of rotatable bonds is 9. The topological polar surface area (TPSA) is 117 Å². The Morgan fingerprint density at radius 1 is 1.15 bits per heavy atom. The second-order valence-corrected chi connectivity index (χ2v) is 8.80. The number of aliphatic hydroxyl groups is 1. The molecule has 8 nitrogen and oxygen atoms in total. The molecule has 1 aromatic carbocycles. The Labute approximate surface area is 157 Å². The van der Waals surface area contributed by atoms with Crippen molar-refractivity contribution in [1.29, 1.82) is 0 Å². The standard InChI is InChI=1S/C16H23N5O3S2/c1-4-13(10-22)17-14-18-15(21-26(3,23)24)20-16(19-14)25-11(2)12-8-6-5-7-9-12/h5-9,11,13,22H,4,10H2,1-3H3,(H2,17,18,19,20,21)/t11?,13-/m1/s1. The van der Waals surface area contributed by atoms with E-state index in [1.807, 2.05) is 44.2 Å². The summed E-state index contributed by atoms with van der Waals surface area (Å²) in [5.41, 5.74) is 1.10. The molecule has 2 atom stereocenters. The first-order valence-corrected chi connectivity index (χ1v) is 10.9. The Morgan fingerprint density at radius 3 is 2.38 bits per heavy atom. The van der Waals surface area contributed by atoms with Crippen LogP contribution in [0.4, 0.5) is 11.9 Å². The predicted octanol–water partition coefficient (Wildman–Crippen LogP) is 2.28. The highest BCUT2D eigenvalue weighted by atomic mass is 32.2. The minimum absolute atomic E-state index is 0.0550. The third kappa shape index (κ3) is 6.43. The number of hydrogen-bond acceptors (Lipinski definition) is 8. The van der Waals surface area contributed by atoms with E-state index in [1.54, 1.807) is 0 Å². The van der Waals surface area contributed by atoms with Crippen molar-refractivity contribution >= 4 is 33.7 Å². The summed E-state index contributed by atoms with van der Waals surface area (Å²) in [5, 5.41) is 12.8. The first-order valence-electron chi connectivity index (χ1n) is 8.13. The second-order valence-electron chi connectivity index (χ2n) is 5.74. The van der Waals surface area contributed by atoms with E-state index in [4.69, 9.17) is 0 Å². The molecule has 0 aliphatic heterocycles. The normalized spacial score (nSPS) is 13.8. The molecule has 1 aromatic heterocycles. The summed E-state index contributed by atoms with van der Waals surface area (Å²) >= 11 is 1.39. The number of thioether (sulfide) groups is 1. The SMILES string of the molecule is CC[C@H](CO)Nc1nc(NS(C)(=O)=O)nc(SC(C)c2ccccc2)n1. The quantitative estimate of drug-likeness (QED) is 0.552. The number of nitrogens with zero attached hydrogens (tertiary/aromatic N) is 3. The van der Waals surface area contributed by atoms with Crippen molar-refractivity contribution in [2.24, 2.45) is 0 Å². The summed E-state index contributed by atoms with van der Waals surface area (Å²) in [7, 11) is -3.52. The first kappa shape index (κ1) is 20.4. The predicted molar refractivity (Wildman–Crippen MR) is 104 cm³/mol. The van der Waals surface area contributed by atoms with Gasteiger partial charge >= 0.3 is 0 Å². The Hall–Kier alpha value is -1.91. The molecule has 0 aliphatic carbocycles. The highest BCUT2D eigenvalue weighted by Gasteiger charge is 2.16. The van der Waals surface area contributed by atoms with Crippen molar-refractivity contribution in [2.75, 3.05) is 22.9 Å². The molecule has 26 heavy (non-hydrogen) atoms. The molecule has 142 valence electrons. The summed E-state index contributed by atoms with van der Waals surface area (Å²) < 4.78 is 25.3. The number of aliphatic hydroxyl groups excluding tert-OH is 1. The van der Waals surface area contributed by atoms with E-state index in [2.05, 4.69) is 25.0 Å². The van der Waals surface area contributed by atoms with E-state index >= 15 is 0 Å². The third-order valence-corrected chi connectivity index (χ3v) is 5.06. The van der Waals surface area contributed by atoms with Crippen molar-refractivity contribution in [2.45, 2.75) is 36.7 Å². The molecule has 2 rings (SSSR count). The lowest BCUT2D eigenvalue weighted by molar-refractivity contribution is 0.271. The van der Waals surface area contributed by atoms with E-state index in [1.165, 1.54) is 11.8 Å². The highest BCUT2D eigenvalue weighted by Crippen LogP contribution is 2.33. The minimum Gasteiger partial charge on any atom is -0.394 e. The Bertz CT molecular complexity index is 814. The van der Waals surface area contributed by atoms with Gasteiger partial charge in [0, 0.05) is 5.25 Å². The molecule has 3 N–H and O–H groups in total. The smallest absolute Gasteiger partial charge is 0.242 e. The van der Waals surface area contributed by atoms with Crippen molar-refractivity contribution in [3.63, 3.8) is 0 Å². The lowest BCUT2D eigenvalue weighted by atomic mass is 10.2. The summed E-state index contributed by atoms with van der Waals surface area (Å²) in [4.78, 5) is 12.6. The third-order valence-electron chi connectivity index (χ3n) is 3.49. The fourth-order valence-electron chi connectivity index (χ4n) is 2.09. The van der Waals surface area contributed by atoms with Crippen LogP contribution in [0.1, 0.15) is 31.1 Å². The maximum Gasteiger partial charge on any atom is 0.242 e. The maximum atomic E-state index is 11.5. The van der Waals surface area contributed by atoms with Crippen LogP contribution in [0.25, 0.3) is 0 Å². The largest absolute Gasteiger partial charge is 0.394 e. The molecule has 0 aliphatic rings. The van der Waals surface area contributed by atoms with E-state index < -0.39 is 10.0 Å². The van der Waals surface area contributed by atoms with Crippen molar-refractivity contribution in [3.8, 4) is 0 Å². The molecule has 0 radical (unpaired) electrons. The van der Waals surface area contributed by atoms with Gasteiger partial charge in [0.05, 0.1) is 18.9 Å². The maximum absolute atomic E-state index is 11.5. The lowest BCUT2D eigenvalue weighted by Crippen LogP contribution is -2.25. The van der Waals surface area contributed by atoms with Gasteiger partial charge in [-0.15, -0.1) is 0 Å². The molecular formula is C16H23N5O3S2. The van der Waals surface area contributed by atoms with Gasteiger partial charge in [-0.3, -0.25) is 4.72 Å². The average molecular weight is 398 g/mol. The van der Waals surface area contributed by atoms with E-state index in [0.717, 1.165) is 11.8 Å². The molecular weight excluding hydrogens is 374 g/mol. The van der Waals surface area contributed by atoms with Gasteiger partial charge < -0.3 is 10.4 Å². The molecule has 1 heterocycles. The van der Waals surface area contributed by atoms with Crippen LogP contribution in [0.2, 0.25) is 0 Å². The van der Waals surface area contributed by atoms with Crippen LogP contribution in [0.15, 0.2) is 35.5 Å². The summed E-state index contributed by atoms with van der Waals surface area (Å²) in [6, 6.07) is 9.64.